The molecule has 0 amide bonds. The second-order valence-electron chi connectivity index (χ2n) is 5.95. The van der Waals surface area contributed by atoms with Gasteiger partial charge in [-0.25, -0.2) is 4.98 Å². The average Bonchev–Trinajstić information content (AvgIpc) is 2.73. The van der Waals surface area contributed by atoms with Crippen LogP contribution in [0.15, 0.2) is 66.9 Å². The van der Waals surface area contributed by atoms with Crippen LogP contribution in [0, 0.1) is 0 Å². The average molecular weight is 375 g/mol. The van der Waals surface area contributed by atoms with Crippen molar-refractivity contribution in [1.29, 1.82) is 0 Å². The van der Waals surface area contributed by atoms with Gasteiger partial charge >= 0.3 is 0 Å². The summed E-state index contributed by atoms with van der Waals surface area (Å²) in [5.41, 5.74) is 8.50. The second kappa shape index (κ2) is 8.73. The van der Waals surface area contributed by atoms with Crippen molar-refractivity contribution < 1.29 is 14.3 Å². The van der Waals surface area contributed by atoms with E-state index in [0.717, 1.165) is 17.0 Å². The first-order chi connectivity index (χ1) is 13.6. The summed E-state index contributed by atoms with van der Waals surface area (Å²) in [6, 6.07) is 16.2. The predicted molar refractivity (Wildman–Crippen MR) is 111 cm³/mol. The molecular weight excluding hydrogens is 354 g/mol. The number of nitrogens with zero attached hydrogens (tertiary/aromatic N) is 1. The lowest BCUT2D eigenvalue weighted by Crippen LogP contribution is -2.03. The van der Waals surface area contributed by atoms with Gasteiger partial charge in [0.2, 0.25) is 0 Å². The number of nitrogens with two attached hydrogens (primary N) is 1. The Kier molecular flexibility index (Phi) is 5.91. The minimum absolute atomic E-state index is 0.168. The Hall–Kier alpha value is -3.80. The van der Waals surface area contributed by atoms with Crippen LogP contribution < -0.4 is 20.5 Å². The van der Waals surface area contributed by atoms with Crippen LogP contribution in [-0.4, -0.2) is 25.0 Å². The number of hydrogen-bond donors (Lipinski definition) is 2. The maximum atomic E-state index is 12.7. The number of aromatic nitrogens is 1. The van der Waals surface area contributed by atoms with Gasteiger partial charge in [-0.3, -0.25) is 4.79 Å². The zero-order valence-electron chi connectivity index (χ0n) is 15.7. The third-order valence-corrected chi connectivity index (χ3v) is 4.11. The minimum atomic E-state index is -0.168. The van der Waals surface area contributed by atoms with Crippen molar-refractivity contribution >= 4 is 29.1 Å². The Balaban J connectivity index is 1.79. The van der Waals surface area contributed by atoms with Crippen molar-refractivity contribution in [2.75, 3.05) is 25.3 Å². The lowest BCUT2D eigenvalue weighted by molar-refractivity contribution is 0.104. The number of ketones is 1. The van der Waals surface area contributed by atoms with Crippen LogP contribution in [0.2, 0.25) is 0 Å². The van der Waals surface area contributed by atoms with Gasteiger partial charge in [0.25, 0.3) is 0 Å². The molecule has 0 aliphatic rings. The number of methoxy groups -OCH3 is 2. The van der Waals surface area contributed by atoms with Gasteiger partial charge in [0.15, 0.2) is 5.78 Å². The van der Waals surface area contributed by atoms with Crippen molar-refractivity contribution in [1.82, 2.24) is 4.98 Å². The molecule has 0 spiro atoms. The number of pyridine rings is 1. The molecule has 0 radical (unpaired) electrons. The fourth-order valence-corrected chi connectivity index (χ4v) is 2.63. The summed E-state index contributed by atoms with van der Waals surface area (Å²) in [5.74, 6) is 1.67. The Bertz CT molecular complexity index is 998. The maximum Gasteiger partial charge on any atom is 0.189 e. The molecule has 2 aromatic carbocycles. The highest BCUT2D eigenvalue weighted by Gasteiger charge is 2.10. The molecule has 0 atom stereocenters. The summed E-state index contributed by atoms with van der Waals surface area (Å²) in [4.78, 5) is 17.0. The Labute approximate surface area is 163 Å². The van der Waals surface area contributed by atoms with Crippen LogP contribution in [0.25, 0.3) is 6.08 Å². The summed E-state index contributed by atoms with van der Waals surface area (Å²) in [6.45, 7) is 0. The lowest BCUT2D eigenvalue weighted by Gasteiger charge is -2.09. The highest BCUT2D eigenvalue weighted by molar-refractivity contribution is 6.10. The minimum Gasteiger partial charge on any atom is -0.497 e. The van der Waals surface area contributed by atoms with Crippen LogP contribution in [0.3, 0.4) is 0 Å². The topological polar surface area (TPSA) is 86.5 Å². The highest BCUT2D eigenvalue weighted by atomic mass is 16.5. The number of benzene rings is 2. The second-order valence-corrected chi connectivity index (χ2v) is 5.95. The van der Waals surface area contributed by atoms with E-state index in [1.54, 1.807) is 50.8 Å². The zero-order valence-corrected chi connectivity index (χ0v) is 15.7. The molecule has 3 N–H and O–H groups in total. The summed E-state index contributed by atoms with van der Waals surface area (Å²) in [6.07, 6.45) is 4.84. The SMILES string of the molecule is COc1ccc(Nc2ncccc2C(=O)/C=C/c2ccc(OC)c(N)c2)cc1. The molecule has 3 aromatic rings. The first-order valence-electron chi connectivity index (χ1n) is 8.62. The molecule has 1 heterocycles. The molecule has 1 aromatic heterocycles. The van der Waals surface area contributed by atoms with Crippen LogP contribution in [0.4, 0.5) is 17.2 Å². The van der Waals surface area contributed by atoms with Gasteiger partial charge in [-0.15, -0.1) is 0 Å². The van der Waals surface area contributed by atoms with E-state index in [1.165, 1.54) is 6.08 Å². The quantitative estimate of drug-likeness (QED) is 0.363. The number of nitrogens with one attached hydrogen (secondary N) is 1. The maximum absolute atomic E-state index is 12.7. The molecule has 6 heteroatoms. The van der Waals surface area contributed by atoms with E-state index in [1.807, 2.05) is 30.3 Å². The molecule has 3 rings (SSSR count). The van der Waals surface area contributed by atoms with Crippen LogP contribution >= 0.6 is 0 Å². The monoisotopic (exact) mass is 375 g/mol. The van der Waals surface area contributed by atoms with Crippen LogP contribution in [0.1, 0.15) is 15.9 Å². The normalized spacial score (nSPS) is 10.6. The van der Waals surface area contributed by atoms with Crippen molar-refractivity contribution in [2.45, 2.75) is 0 Å². The molecule has 28 heavy (non-hydrogen) atoms. The molecule has 0 unspecified atom stereocenters. The fraction of sp³-hybridized carbons (Fsp3) is 0.0909. The summed E-state index contributed by atoms with van der Waals surface area (Å²) >= 11 is 0. The predicted octanol–water partition coefficient (Wildman–Crippen LogP) is 4.32. The van der Waals surface area contributed by atoms with Gasteiger partial charge in [-0.2, -0.15) is 0 Å². The van der Waals surface area contributed by atoms with Gasteiger partial charge in [0, 0.05) is 11.9 Å². The van der Waals surface area contributed by atoms with E-state index < -0.39 is 0 Å². The van der Waals surface area contributed by atoms with Gasteiger partial charge < -0.3 is 20.5 Å². The van der Waals surface area contributed by atoms with Gasteiger partial charge in [-0.05, 0) is 60.2 Å². The Morgan fingerprint density at radius 1 is 1.07 bits per heavy atom. The van der Waals surface area contributed by atoms with E-state index in [2.05, 4.69) is 10.3 Å². The van der Waals surface area contributed by atoms with Crippen molar-refractivity contribution in [2.24, 2.45) is 0 Å². The number of ether oxygens (including phenoxy) is 2. The van der Waals surface area contributed by atoms with Crippen LogP contribution in [0.5, 0.6) is 11.5 Å². The number of carbonyl (C=O) groups excluding carboxylic acids is 1. The van der Waals surface area contributed by atoms with Gasteiger partial charge in [0.1, 0.15) is 17.3 Å². The Morgan fingerprint density at radius 2 is 1.86 bits per heavy atom. The third kappa shape index (κ3) is 4.48. The zero-order chi connectivity index (χ0) is 19.9. The summed E-state index contributed by atoms with van der Waals surface area (Å²) in [5, 5.41) is 3.17. The summed E-state index contributed by atoms with van der Waals surface area (Å²) < 4.78 is 10.3. The van der Waals surface area contributed by atoms with E-state index in [-0.39, 0.29) is 5.78 Å². The van der Waals surface area contributed by atoms with Crippen LogP contribution in [-0.2, 0) is 0 Å². The Morgan fingerprint density at radius 3 is 2.54 bits per heavy atom. The first-order valence-corrected chi connectivity index (χ1v) is 8.62. The largest absolute Gasteiger partial charge is 0.497 e. The van der Waals surface area contributed by atoms with E-state index in [9.17, 15) is 4.79 Å². The molecule has 0 aliphatic carbocycles. The number of nitrogen functional groups attached to an aromatic ring is 1. The number of carbonyl (C=O) groups is 1. The molecular formula is C22H21N3O3. The van der Waals surface area contributed by atoms with Gasteiger partial charge in [-0.1, -0.05) is 12.1 Å². The molecule has 6 nitrogen and oxygen atoms in total. The fourth-order valence-electron chi connectivity index (χ4n) is 2.63. The molecule has 0 bridgehead atoms. The lowest BCUT2D eigenvalue weighted by atomic mass is 10.1. The standard InChI is InChI=1S/C22H21N3O3/c1-27-17-9-7-16(8-10-17)25-22-18(4-3-13-24-22)20(26)11-5-15-6-12-21(28-2)19(23)14-15/h3-14H,23H2,1-2H3,(H,24,25)/b11-5+. The van der Waals surface area contributed by atoms with E-state index in [4.69, 9.17) is 15.2 Å². The number of rotatable bonds is 7. The molecule has 0 saturated heterocycles. The molecule has 0 saturated carbocycles. The van der Waals surface area contributed by atoms with E-state index in [0.29, 0.717) is 22.8 Å². The summed E-state index contributed by atoms with van der Waals surface area (Å²) in [7, 11) is 3.17. The van der Waals surface area contributed by atoms with Crippen molar-refractivity contribution in [3.63, 3.8) is 0 Å². The number of allylic oxidation sites excluding steroid dienone is 1. The number of hydrogen-bond acceptors (Lipinski definition) is 6. The highest BCUT2D eigenvalue weighted by Crippen LogP contribution is 2.24. The molecule has 142 valence electrons. The van der Waals surface area contributed by atoms with Crippen molar-refractivity contribution in [3.8, 4) is 11.5 Å². The van der Waals surface area contributed by atoms with Gasteiger partial charge in [0.05, 0.1) is 25.5 Å². The molecule has 0 fully saturated rings. The molecule has 0 aliphatic heterocycles. The third-order valence-electron chi connectivity index (χ3n) is 4.11. The smallest absolute Gasteiger partial charge is 0.189 e. The number of anilines is 3. The van der Waals surface area contributed by atoms with E-state index >= 15 is 0 Å². The first kappa shape index (κ1) is 19.0. The van der Waals surface area contributed by atoms with Crippen molar-refractivity contribution in [3.05, 3.63) is 78.0 Å².